The van der Waals surface area contributed by atoms with Crippen LogP contribution in [0.15, 0.2) is 12.2 Å². The van der Waals surface area contributed by atoms with E-state index in [1.54, 1.807) is 13.2 Å². The van der Waals surface area contributed by atoms with Crippen molar-refractivity contribution in [3.63, 3.8) is 0 Å². The highest BCUT2D eigenvalue weighted by atomic mass is 16.8. The topological polar surface area (TPSA) is 346 Å². The zero-order valence-electron chi connectivity index (χ0n) is 35.8. The van der Waals surface area contributed by atoms with Gasteiger partial charge in [0, 0.05) is 37.9 Å². The molecule has 4 aliphatic heterocycles. The number of methoxy groups -OCH3 is 1. The van der Waals surface area contributed by atoms with E-state index in [9.17, 15) is 66.1 Å². The first-order valence-corrected chi connectivity index (χ1v) is 22.6. The molecule has 13 N–H and O–H groups in total. The van der Waals surface area contributed by atoms with E-state index < -0.39 is 160 Å². The number of hydrogen-bond acceptors (Lipinski definition) is 21. The number of fused-ring (bicyclic) bond motifs is 1. The molecule has 7 rings (SSSR count). The highest BCUT2D eigenvalue weighted by molar-refractivity contribution is 5.81. The molecule has 25 atom stereocenters. The van der Waals surface area contributed by atoms with Crippen LogP contribution in [-0.4, -0.2) is 234 Å². The van der Waals surface area contributed by atoms with Gasteiger partial charge in [-0.2, -0.15) is 0 Å². The SMILES string of the molecule is COC1CCCCC1C=CC(=O)OCC1OC(OCC2OC(OC3CC4C(O)CC(O)CC4[OH+]C3C3CCC(O)C(O)C3)C(OC3OCC(O)C(O)C3O)C(O)C2O)C(O)C(O)C1O. The number of carbonyl (C=O) groups is 1. The normalized spacial score (nSPS) is 50.5. The summed E-state index contributed by atoms with van der Waals surface area (Å²) in [6, 6.07) is 0. The zero-order valence-corrected chi connectivity index (χ0v) is 35.8. The third-order valence-corrected chi connectivity index (χ3v) is 14.3. The van der Waals surface area contributed by atoms with Crippen LogP contribution in [-0.2, 0) is 42.7 Å². The van der Waals surface area contributed by atoms with E-state index in [0.29, 0.717) is 6.42 Å². The van der Waals surface area contributed by atoms with E-state index in [0.717, 1.165) is 25.7 Å². The first-order chi connectivity index (χ1) is 30.5. The molecule has 7 fully saturated rings. The molecule has 0 bridgehead atoms. The average molecular weight is 926 g/mol. The molecule has 0 amide bonds. The molecule has 0 aromatic carbocycles. The quantitative estimate of drug-likeness (QED) is 0.0468. The third-order valence-electron chi connectivity index (χ3n) is 14.3. The van der Waals surface area contributed by atoms with Crippen LogP contribution in [0.5, 0.6) is 0 Å². The van der Waals surface area contributed by atoms with Gasteiger partial charge in [0.1, 0.15) is 79.9 Å². The number of rotatable bonds is 13. The summed E-state index contributed by atoms with van der Waals surface area (Å²) in [6.45, 7) is -1.64. The minimum atomic E-state index is -1.89. The van der Waals surface area contributed by atoms with E-state index >= 15 is 0 Å². The summed E-state index contributed by atoms with van der Waals surface area (Å²) in [6.07, 6.45) is -21.4. The van der Waals surface area contributed by atoms with E-state index in [1.807, 2.05) is 0 Å². The second kappa shape index (κ2) is 22.2. The van der Waals surface area contributed by atoms with Crippen molar-refractivity contribution in [2.24, 2.45) is 17.8 Å². The summed E-state index contributed by atoms with van der Waals surface area (Å²) >= 11 is 0. The van der Waals surface area contributed by atoms with Gasteiger partial charge in [-0.05, 0) is 38.5 Å². The van der Waals surface area contributed by atoms with Gasteiger partial charge in [-0.25, -0.2) is 4.79 Å². The summed E-state index contributed by atoms with van der Waals surface area (Å²) in [7, 11) is 1.61. The first-order valence-electron chi connectivity index (χ1n) is 22.6. The average Bonchev–Trinajstić information content (AvgIpc) is 3.27. The maximum absolute atomic E-state index is 12.7. The highest BCUT2D eigenvalue weighted by Gasteiger charge is 2.56. The summed E-state index contributed by atoms with van der Waals surface area (Å²) in [5, 5.41) is 129. The summed E-state index contributed by atoms with van der Waals surface area (Å²) in [5.41, 5.74) is 0. The van der Waals surface area contributed by atoms with Gasteiger partial charge in [-0.1, -0.05) is 18.9 Å². The van der Waals surface area contributed by atoms with E-state index in [-0.39, 0.29) is 50.0 Å². The van der Waals surface area contributed by atoms with Crippen molar-refractivity contribution >= 4 is 5.97 Å². The van der Waals surface area contributed by atoms with Crippen LogP contribution in [0.25, 0.3) is 0 Å². The Morgan fingerprint density at radius 3 is 2.09 bits per heavy atom. The molecule has 0 spiro atoms. The predicted molar refractivity (Wildman–Crippen MR) is 212 cm³/mol. The molecule has 7 aliphatic rings. The van der Waals surface area contributed by atoms with Gasteiger partial charge in [0.25, 0.3) is 0 Å². The van der Waals surface area contributed by atoms with E-state index in [4.69, 9.17) is 42.6 Å². The first kappa shape index (κ1) is 50.3. The number of carbonyl (C=O) groups excluding carboxylic acids is 1. The fraction of sp³-hybridized carbons (Fsp3) is 0.929. The summed E-state index contributed by atoms with van der Waals surface area (Å²) in [5.74, 6) is -1.54. The van der Waals surface area contributed by atoms with Crippen molar-refractivity contribution in [2.45, 2.75) is 199 Å². The van der Waals surface area contributed by atoms with Gasteiger partial charge in [0.2, 0.25) is 0 Å². The highest BCUT2D eigenvalue weighted by Crippen LogP contribution is 2.43. The summed E-state index contributed by atoms with van der Waals surface area (Å²) < 4.78 is 51.6. The lowest BCUT2D eigenvalue weighted by atomic mass is 9.72. The zero-order chi connectivity index (χ0) is 46.0. The molecule has 3 aliphatic carbocycles. The van der Waals surface area contributed by atoms with Gasteiger partial charge in [-0.15, -0.1) is 0 Å². The van der Waals surface area contributed by atoms with Crippen LogP contribution < -0.4 is 0 Å². The van der Waals surface area contributed by atoms with Crippen LogP contribution in [0, 0.1) is 17.8 Å². The Balaban J connectivity index is 1.06. The lowest BCUT2D eigenvalue weighted by Crippen LogP contribution is -2.65. The smallest absolute Gasteiger partial charge is 0.330 e. The van der Waals surface area contributed by atoms with Crippen LogP contribution in [0.3, 0.4) is 0 Å². The number of aliphatic hydroxyl groups is 14. The molecule has 0 aromatic rings. The second-order valence-electron chi connectivity index (χ2n) is 18.6. The molecule has 0 radical (unpaired) electrons. The predicted octanol–water partition coefficient (Wildman–Crippen LogP) is -4.91. The Morgan fingerprint density at radius 1 is 0.641 bits per heavy atom. The van der Waals surface area contributed by atoms with Crippen LogP contribution in [0.4, 0.5) is 0 Å². The number of aliphatic hydroxyl groups excluding tert-OH is 12. The molecular weight excluding hydrogens is 856 g/mol. The van der Waals surface area contributed by atoms with Crippen LogP contribution in [0.1, 0.15) is 64.2 Å². The fourth-order valence-corrected chi connectivity index (χ4v) is 10.5. The van der Waals surface area contributed by atoms with Crippen molar-refractivity contribution in [3.8, 4) is 0 Å². The van der Waals surface area contributed by atoms with Gasteiger partial charge >= 0.3 is 5.97 Å². The molecular formula is C42H69O22+. The maximum atomic E-state index is 12.7. The Labute approximate surface area is 370 Å². The molecule has 22 heteroatoms. The molecule has 0 aromatic heterocycles. The van der Waals surface area contributed by atoms with Crippen molar-refractivity contribution in [3.05, 3.63) is 12.2 Å². The fourth-order valence-electron chi connectivity index (χ4n) is 10.5. The molecule has 4 saturated heterocycles. The van der Waals surface area contributed by atoms with Crippen molar-refractivity contribution in [1.29, 1.82) is 0 Å². The van der Waals surface area contributed by atoms with Crippen LogP contribution >= 0.6 is 0 Å². The van der Waals surface area contributed by atoms with Crippen molar-refractivity contribution in [1.82, 2.24) is 0 Å². The molecule has 64 heavy (non-hydrogen) atoms. The van der Waals surface area contributed by atoms with Crippen LogP contribution in [0.2, 0.25) is 0 Å². The van der Waals surface area contributed by atoms with Gasteiger partial charge < -0.3 is 104 Å². The Kier molecular flexibility index (Phi) is 17.5. The number of hydrogen-bond donors (Lipinski definition) is 12. The third kappa shape index (κ3) is 11.5. The van der Waals surface area contributed by atoms with E-state index in [1.165, 1.54) is 6.08 Å². The number of esters is 1. The molecule has 3 saturated carbocycles. The Morgan fingerprint density at radius 2 is 1.34 bits per heavy atom. The minimum absolute atomic E-state index is 0.0153. The van der Waals surface area contributed by atoms with Gasteiger partial charge in [0.05, 0.1) is 49.7 Å². The molecule has 368 valence electrons. The molecule has 25 unspecified atom stereocenters. The lowest BCUT2D eigenvalue weighted by molar-refractivity contribution is -0.385. The molecule has 22 nitrogen and oxygen atoms in total. The Hall–Kier alpha value is -1.59. The van der Waals surface area contributed by atoms with Gasteiger partial charge in [0.15, 0.2) is 31.1 Å². The lowest BCUT2D eigenvalue weighted by Gasteiger charge is -2.49. The monoisotopic (exact) mass is 925 g/mol. The number of ether oxygens (including phenoxy) is 9. The van der Waals surface area contributed by atoms with E-state index in [2.05, 4.69) is 0 Å². The van der Waals surface area contributed by atoms with Crippen molar-refractivity contribution < 1.29 is 109 Å². The molecule has 4 heterocycles. The summed E-state index contributed by atoms with van der Waals surface area (Å²) in [4.78, 5) is 12.7. The maximum Gasteiger partial charge on any atom is 0.330 e. The largest absolute Gasteiger partial charge is 0.460 e. The minimum Gasteiger partial charge on any atom is -0.460 e. The van der Waals surface area contributed by atoms with Crippen molar-refractivity contribution in [2.75, 3.05) is 26.9 Å². The van der Waals surface area contributed by atoms with Gasteiger partial charge in [-0.3, -0.25) is 0 Å². The standard InChI is InChI=1S/C42H68O22/c1-56-25-5-3-2-4-17(25)7-9-30(48)57-15-28-32(50)34(52)37(55)40(62-28)59-16-29-33(51)35(53)39(64-41-36(54)31(49)24(47)14-58-41)42(63-29)61-27-13-20-22(45)11-19(43)12-26(20)60-38(27)18-6-8-21(44)23(46)10-18/h7,9,17-29,31-47,49-55H,2-6,8,10-16H2,1H3/p+1. The Bertz CT molecular complexity index is 1510. The second-order valence-corrected chi connectivity index (χ2v) is 18.6.